The molecule has 0 unspecified atom stereocenters. The summed E-state index contributed by atoms with van der Waals surface area (Å²) in [5.74, 6) is 1.18. The van der Waals surface area contributed by atoms with Crippen LogP contribution in [0.5, 0.6) is 11.5 Å². The zero-order valence-electron chi connectivity index (χ0n) is 18.2. The molecular weight excluding hydrogens is 487 g/mol. The Kier molecular flexibility index (Phi) is 7.72. The molecule has 0 saturated heterocycles. The van der Waals surface area contributed by atoms with Crippen molar-refractivity contribution in [1.82, 2.24) is 0 Å². The van der Waals surface area contributed by atoms with E-state index >= 15 is 0 Å². The van der Waals surface area contributed by atoms with E-state index < -0.39 is 0 Å². The normalized spacial score (nSPS) is 10.2. The SMILES string of the molecule is O=C(Nc1ccc(Oc2ccc(NC(=O)Nc3cccc(Cl)c3)cc2)cc1)Nc1cccc(Cl)c1. The summed E-state index contributed by atoms with van der Waals surface area (Å²) in [5.41, 5.74) is 2.38. The maximum Gasteiger partial charge on any atom is 0.323 e. The van der Waals surface area contributed by atoms with Crippen molar-refractivity contribution in [2.24, 2.45) is 0 Å². The van der Waals surface area contributed by atoms with Gasteiger partial charge < -0.3 is 26.0 Å². The van der Waals surface area contributed by atoms with Crippen molar-refractivity contribution in [3.05, 3.63) is 107 Å². The largest absolute Gasteiger partial charge is 0.457 e. The van der Waals surface area contributed by atoms with Gasteiger partial charge >= 0.3 is 12.1 Å². The van der Waals surface area contributed by atoms with Gasteiger partial charge in [-0.3, -0.25) is 0 Å². The number of ether oxygens (including phenoxy) is 1. The minimum Gasteiger partial charge on any atom is -0.457 e. The molecule has 0 heterocycles. The molecule has 0 radical (unpaired) electrons. The molecule has 4 amide bonds. The lowest BCUT2D eigenvalue weighted by Crippen LogP contribution is -2.19. The zero-order chi connectivity index (χ0) is 24.6. The summed E-state index contributed by atoms with van der Waals surface area (Å²) >= 11 is 11.9. The quantitative estimate of drug-likeness (QED) is 0.213. The molecule has 0 aliphatic heterocycles. The number of hydrogen-bond acceptors (Lipinski definition) is 3. The summed E-state index contributed by atoms with van der Waals surface area (Å²) in [4.78, 5) is 24.3. The minimum atomic E-state index is -0.386. The van der Waals surface area contributed by atoms with Gasteiger partial charge in [0.15, 0.2) is 0 Å². The number of benzene rings is 4. The summed E-state index contributed by atoms with van der Waals surface area (Å²) in [6, 6.07) is 26.8. The third-order valence-corrected chi connectivity index (χ3v) is 5.10. The van der Waals surface area contributed by atoms with Gasteiger partial charge in [0.1, 0.15) is 11.5 Å². The highest BCUT2D eigenvalue weighted by atomic mass is 35.5. The molecule has 0 fully saturated rings. The van der Waals surface area contributed by atoms with Crippen LogP contribution < -0.4 is 26.0 Å². The molecule has 176 valence electrons. The molecule has 4 aromatic carbocycles. The van der Waals surface area contributed by atoms with Gasteiger partial charge in [0.2, 0.25) is 0 Å². The first kappa shape index (κ1) is 23.9. The second-order valence-corrected chi connectivity index (χ2v) is 8.20. The van der Waals surface area contributed by atoms with Crippen LogP contribution in [-0.4, -0.2) is 12.1 Å². The number of anilines is 4. The lowest BCUT2D eigenvalue weighted by molar-refractivity contribution is 0.261. The number of urea groups is 2. The molecule has 0 atom stereocenters. The number of carbonyl (C=O) groups is 2. The van der Waals surface area contributed by atoms with Gasteiger partial charge in [-0.05, 0) is 84.9 Å². The first-order chi connectivity index (χ1) is 16.9. The first-order valence-electron chi connectivity index (χ1n) is 10.5. The second kappa shape index (κ2) is 11.3. The number of nitrogens with one attached hydrogen (secondary N) is 4. The summed E-state index contributed by atoms with van der Waals surface area (Å²) in [7, 11) is 0. The van der Waals surface area contributed by atoms with Gasteiger partial charge in [0.05, 0.1) is 0 Å². The maximum atomic E-state index is 12.2. The van der Waals surface area contributed by atoms with E-state index in [1.807, 2.05) is 0 Å². The third kappa shape index (κ3) is 7.40. The Labute approximate surface area is 212 Å². The van der Waals surface area contributed by atoms with Crippen molar-refractivity contribution in [3.63, 3.8) is 0 Å². The molecule has 0 spiro atoms. The van der Waals surface area contributed by atoms with Crippen LogP contribution in [0.15, 0.2) is 97.1 Å². The number of halogens is 2. The standard InChI is InChI=1S/C26H20Cl2N4O3/c27-17-3-1-5-21(15-17)31-25(33)29-19-7-11-23(12-8-19)35-24-13-9-20(10-14-24)30-26(34)32-22-6-2-4-18(28)16-22/h1-16H,(H2,29,31,33)(H2,30,32,34). The van der Waals surface area contributed by atoms with Crippen LogP contribution in [0.25, 0.3) is 0 Å². The molecule has 0 bridgehead atoms. The molecule has 0 aromatic heterocycles. The van der Waals surface area contributed by atoms with E-state index in [1.54, 1.807) is 97.1 Å². The molecule has 0 aliphatic carbocycles. The van der Waals surface area contributed by atoms with Gasteiger partial charge in [0, 0.05) is 32.8 Å². The van der Waals surface area contributed by atoms with E-state index in [0.717, 1.165) is 0 Å². The fourth-order valence-electron chi connectivity index (χ4n) is 3.07. The highest BCUT2D eigenvalue weighted by Gasteiger charge is 2.06. The van der Waals surface area contributed by atoms with Gasteiger partial charge in [-0.1, -0.05) is 35.3 Å². The molecular formula is C26H20Cl2N4O3. The minimum absolute atomic E-state index is 0.386. The van der Waals surface area contributed by atoms with E-state index in [2.05, 4.69) is 21.3 Å². The van der Waals surface area contributed by atoms with E-state index in [4.69, 9.17) is 27.9 Å². The van der Waals surface area contributed by atoms with Gasteiger partial charge in [-0.2, -0.15) is 0 Å². The van der Waals surface area contributed by atoms with Gasteiger partial charge in [-0.15, -0.1) is 0 Å². The van der Waals surface area contributed by atoms with Crippen LogP contribution in [0.2, 0.25) is 10.0 Å². The van der Waals surface area contributed by atoms with Crippen LogP contribution >= 0.6 is 23.2 Å². The molecule has 0 aliphatic rings. The fourth-order valence-corrected chi connectivity index (χ4v) is 3.45. The molecule has 9 heteroatoms. The van der Waals surface area contributed by atoms with Gasteiger partial charge in [-0.25, -0.2) is 9.59 Å². The molecule has 4 rings (SSSR count). The summed E-state index contributed by atoms with van der Waals surface area (Å²) in [6.07, 6.45) is 0. The summed E-state index contributed by atoms with van der Waals surface area (Å²) < 4.78 is 5.83. The van der Waals surface area contributed by atoms with Crippen LogP contribution in [0, 0.1) is 0 Å². The number of amides is 4. The van der Waals surface area contributed by atoms with E-state index in [-0.39, 0.29) is 12.1 Å². The average Bonchev–Trinajstić information content (AvgIpc) is 2.81. The second-order valence-electron chi connectivity index (χ2n) is 7.33. The average molecular weight is 507 g/mol. The Morgan fingerprint density at radius 1 is 0.514 bits per heavy atom. The Hall–Kier alpha value is -4.20. The number of hydrogen-bond donors (Lipinski definition) is 4. The highest BCUT2D eigenvalue weighted by Crippen LogP contribution is 2.25. The topological polar surface area (TPSA) is 91.5 Å². The van der Waals surface area contributed by atoms with Gasteiger partial charge in [0.25, 0.3) is 0 Å². The predicted octanol–water partition coefficient (Wildman–Crippen LogP) is 8.07. The Balaban J connectivity index is 1.27. The lowest BCUT2D eigenvalue weighted by atomic mass is 10.3. The van der Waals surface area contributed by atoms with E-state index in [0.29, 0.717) is 44.3 Å². The molecule has 7 nitrogen and oxygen atoms in total. The summed E-state index contributed by atoms with van der Waals surface area (Å²) in [6.45, 7) is 0. The first-order valence-corrected chi connectivity index (χ1v) is 11.2. The predicted molar refractivity (Wildman–Crippen MR) is 141 cm³/mol. The van der Waals surface area contributed by atoms with Crippen LogP contribution in [0.4, 0.5) is 32.3 Å². The van der Waals surface area contributed by atoms with Crippen molar-refractivity contribution in [1.29, 1.82) is 0 Å². The molecule has 35 heavy (non-hydrogen) atoms. The monoisotopic (exact) mass is 506 g/mol. The summed E-state index contributed by atoms with van der Waals surface area (Å²) in [5, 5.41) is 12.0. The smallest absolute Gasteiger partial charge is 0.323 e. The Morgan fingerprint density at radius 3 is 1.26 bits per heavy atom. The number of carbonyl (C=O) groups excluding carboxylic acids is 2. The Morgan fingerprint density at radius 2 is 0.886 bits per heavy atom. The van der Waals surface area contributed by atoms with E-state index in [1.165, 1.54) is 0 Å². The highest BCUT2D eigenvalue weighted by molar-refractivity contribution is 6.31. The van der Waals surface area contributed by atoms with Crippen molar-refractivity contribution in [3.8, 4) is 11.5 Å². The van der Waals surface area contributed by atoms with Crippen LogP contribution in [0.3, 0.4) is 0 Å². The molecule has 0 saturated carbocycles. The van der Waals surface area contributed by atoms with Crippen molar-refractivity contribution >= 4 is 58.0 Å². The fraction of sp³-hybridized carbons (Fsp3) is 0. The third-order valence-electron chi connectivity index (χ3n) is 4.63. The Bertz CT molecular complexity index is 1230. The number of rotatable bonds is 6. The molecule has 4 N–H and O–H groups in total. The van der Waals surface area contributed by atoms with E-state index in [9.17, 15) is 9.59 Å². The zero-order valence-corrected chi connectivity index (χ0v) is 19.7. The lowest BCUT2D eigenvalue weighted by Gasteiger charge is -2.11. The molecule has 4 aromatic rings. The van der Waals surface area contributed by atoms with Crippen LogP contribution in [-0.2, 0) is 0 Å². The van der Waals surface area contributed by atoms with Crippen LogP contribution in [0.1, 0.15) is 0 Å². The maximum absolute atomic E-state index is 12.2. The van der Waals surface area contributed by atoms with Crippen molar-refractivity contribution in [2.75, 3.05) is 21.3 Å². The van der Waals surface area contributed by atoms with Crippen molar-refractivity contribution < 1.29 is 14.3 Å². The van der Waals surface area contributed by atoms with Crippen molar-refractivity contribution in [2.45, 2.75) is 0 Å².